The van der Waals surface area contributed by atoms with Gasteiger partial charge in [0.15, 0.2) is 5.60 Å². The molecule has 1 atom stereocenters. The Morgan fingerprint density at radius 1 is 1.12 bits per heavy atom. The number of carbonyl (C=O) groups excluding carboxylic acids is 1. The number of hydrogen-bond donors (Lipinski definition) is 3. The fraction of sp³-hybridized carbons (Fsp3) is 0.188. The lowest BCUT2D eigenvalue weighted by Crippen LogP contribution is -2.37. The second-order valence-electron chi connectivity index (χ2n) is 9.59. The number of nitrogens with two attached hydrogens (primary N) is 1. The highest BCUT2D eigenvalue weighted by Gasteiger charge is 2.38. The van der Waals surface area contributed by atoms with Gasteiger partial charge in [-0.3, -0.25) is 9.59 Å². The maximum absolute atomic E-state index is 12.9. The Morgan fingerprint density at radius 3 is 2.45 bits per heavy atom. The second-order valence-corrected chi connectivity index (χ2v) is 10.0. The van der Waals surface area contributed by atoms with E-state index in [1.165, 1.54) is 6.20 Å². The van der Waals surface area contributed by atoms with E-state index < -0.39 is 5.60 Å². The van der Waals surface area contributed by atoms with Gasteiger partial charge in [-0.15, -0.1) is 0 Å². The number of aryl methyl sites for hydroxylation is 1. The van der Waals surface area contributed by atoms with Gasteiger partial charge in [-0.2, -0.15) is 0 Å². The van der Waals surface area contributed by atoms with Crippen molar-refractivity contribution in [2.24, 2.45) is 12.8 Å². The molecule has 0 aliphatic rings. The molecule has 1 unspecified atom stereocenters. The van der Waals surface area contributed by atoms with Crippen LogP contribution in [0.3, 0.4) is 0 Å². The fourth-order valence-electron chi connectivity index (χ4n) is 4.84. The molecule has 4 rings (SSSR count). The van der Waals surface area contributed by atoms with Crippen LogP contribution in [0.15, 0.2) is 102 Å². The Bertz CT molecular complexity index is 1660. The molecule has 3 aromatic carbocycles. The van der Waals surface area contributed by atoms with E-state index in [9.17, 15) is 14.7 Å². The molecule has 1 aromatic heterocycles. The Labute approximate surface area is 238 Å². The van der Waals surface area contributed by atoms with Gasteiger partial charge in [-0.25, -0.2) is 0 Å². The van der Waals surface area contributed by atoms with Gasteiger partial charge in [0.1, 0.15) is 0 Å². The number of aliphatic hydroxyl groups is 1. The van der Waals surface area contributed by atoms with Crippen LogP contribution in [-0.2, 0) is 12.6 Å². The average molecular weight is 557 g/mol. The highest BCUT2D eigenvalue weighted by Crippen LogP contribution is 2.40. The fourth-order valence-corrected chi connectivity index (χ4v) is 5.03. The number of rotatable bonds is 9. The van der Waals surface area contributed by atoms with Crippen LogP contribution in [0.2, 0.25) is 5.02 Å². The summed E-state index contributed by atoms with van der Waals surface area (Å²) in [7, 11) is 3.45. The SMILES string of the molecule is C=CN(C)/C(=C\N)C(O)(c1ccc(C(=O)NCCC)cc1)c1ccc2c(c1)c(-c1cccc(Cl)c1)cc(=O)n2C. The van der Waals surface area contributed by atoms with Gasteiger partial charge < -0.3 is 25.6 Å². The first kappa shape index (κ1) is 28.7. The molecule has 1 heterocycles. The number of likely N-dealkylation sites (N-methyl/N-ethyl adjacent to an activating group) is 1. The zero-order valence-electron chi connectivity index (χ0n) is 22.8. The smallest absolute Gasteiger partial charge is 0.251 e. The number of pyridine rings is 1. The lowest BCUT2D eigenvalue weighted by atomic mass is 9.81. The van der Waals surface area contributed by atoms with E-state index in [1.54, 1.807) is 84.4 Å². The van der Waals surface area contributed by atoms with Crippen molar-refractivity contribution >= 4 is 28.4 Å². The van der Waals surface area contributed by atoms with Gasteiger partial charge >= 0.3 is 0 Å². The maximum Gasteiger partial charge on any atom is 0.251 e. The molecule has 0 radical (unpaired) electrons. The van der Waals surface area contributed by atoms with E-state index in [0.717, 1.165) is 17.4 Å². The van der Waals surface area contributed by atoms with Crippen molar-refractivity contribution < 1.29 is 9.90 Å². The summed E-state index contributed by atoms with van der Waals surface area (Å²) in [5, 5.41) is 16.7. The molecule has 7 nitrogen and oxygen atoms in total. The van der Waals surface area contributed by atoms with Crippen LogP contribution < -0.4 is 16.6 Å². The first-order valence-corrected chi connectivity index (χ1v) is 13.3. The van der Waals surface area contributed by atoms with E-state index in [1.807, 2.05) is 25.1 Å². The molecule has 40 heavy (non-hydrogen) atoms. The van der Waals surface area contributed by atoms with Crippen LogP contribution in [0.1, 0.15) is 34.8 Å². The number of hydrogen-bond acceptors (Lipinski definition) is 5. The molecule has 0 fully saturated rings. The number of fused-ring (bicyclic) bond motifs is 1. The van der Waals surface area contributed by atoms with Crippen LogP contribution in [0.5, 0.6) is 0 Å². The molecule has 206 valence electrons. The molecule has 0 aliphatic heterocycles. The first-order chi connectivity index (χ1) is 19.1. The standard InChI is InChI=1S/C32H33ClN4O3/c1-5-16-35-31(39)21-10-12-23(13-11-21)32(40,29(20-34)36(3)6-2)24-14-15-28-27(18-24)26(19-30(38)37(28)4)22-8-7-9-25(33)17-22/h6-15,17-20,40H,2,5,16,34H2,1,3-4H3,(H,35,39)/b29-20-. The Morgan fingerprint density at radius 2 is 1.82 bits per heavy atom. The maximum atomic E-state index is 12.9. The Kier molecular flexibility index (Phi) is 8.47. The molecule has 4 N–H and O–H groups in total. The van der Waals surface area contributed by atoms with E-state index in [-0.39, 0.29) is 11.5 Å². The molecular formula is C32H33ClN4O3. The van der Waals surface area contributed by atoms with E-state index in [4.69, 9.17) is 17.3 Å². The first-order valence-electron chi connectivity index (χ1n) is 12.9. The molecule has 8 heteroatoms. The summed E-state index contributed by atoms with van der Waals surface area (Å²) in [5.74, 6) is -0.187. The predicted octanol–water partition coefficient (Wildman–Crippen LogP) is 5.11. The lowest BCUT2D eigenvalue weighted by molar-refractivity contribution is 0.0943. The monoisotopic (exact) mass is 556 g/mol. The van der Waals surface area contributed by atoms with E-state index in [2.05, 4.69) is 11.9 Å². The van der Waals surface area contributed by atoms with Crippen LogP contribution in [-0.4, -0.2) is 34.1 Å². The third kappa shape index (κ3) is 5.26. The highest BCUT2D eigenvalue weighted by molar-refractivity contribution is 6.30. The third-order valence-corrected chi connectivity index (χ3v) is 7.32. The number of carbonyl (C=O) groups is 1. The van der Waals surface area contributed by atoms with Crippen LogP contribution in [0.25, 0.3) is 22.0 Å². The number of amides is 1. The van der Waals surface area contributed by atoms with Crippen molar-refractivity contribution in [2.45, 2.75) is 18.9 Å². The number of halogens is 1. The summed E-state index contributed by atoms with van der Waals surface area (Å²) in [6.45, 7) is 6.40. The zero-order chi connectivity index (χ0) is 29.0. The zero-order valence-corrected chi connectivity index (χ0v) is 23.6. The summed E-state index contributed by atoms with van der Waals surface area (Å²) in [5.41, 5.74) is 8.19. The minimum Gasteiger partial charge on any atom is -0.403 e. The van der Waals surface area contributed by atoms with Crippen molar-refractivity contribution in [1.29, 1.82) is 0 Å². The molecule has 0 spiro atoms. The van der Waals surface area contributed by atoms with Crippen molar-refractivity contribution in [3.05, 3.63) is 130 Å². The minimum atomic E-state index is -1.73. The van der Waals surface area contributed by atoms with Crippen LogP contribution in [0.4, 0.5) is 0 Å². The van der Waals surface area contributed by atoms with E-state index in [0.29, 0.717) is 45.0 Å². The Balaban J connectivity index is 1.98. The number of nitrogens with zero attached hydrogens (tertiary/aromatic N) is 2. The number of aromatic nitrogens is 1. The molecule has 0 saturated heterocycles. The van der Waals surface area contributed by atoms with E-state index >= 15 is 0 Å². The molecule has 4 aromatic rings. The topological polar surface area (TPSA) is 101 Å². The van der Waals surface area contributed by atoms with Gasteiger partial charge in [-0.05, 0) is 71.3 Å². The minimum absolute atomic E-state index is 0.170. The van der Waals surface area contributed by atoms with Gasteiger partial charge in [0.05, 0.1) is 11.2 Å². The summed E-state index contributed by atoms with van der Waals surface area (Å²) in [6.07, 6.45) is 3.72. The normalized spacial score (nSPS) is 13.1. The van der Waals surface area contributed by atoms with Gasteiger partial charge in [0.2, 0.25) is 0 Å². The van der Waals surface area contributed by atoms with Crippen molar-refractivity contribution in [3.8, 4) is 11.1 Å². The second kappa shape index (κ2) is 11.8. The highest BCUT2D eigenvalue weighted by atomic mass is 35.5. The summed E-state index contributed by atoms with van der Waals surface area (Å²) in [4.78, 5) is 27.0. The van der Waals surface area contributed by atoms with Gasteiger partial charge in [0, 0.05) is 48.9 Å². The van der Waals surface area contributed by atoms with Gasteiger partial charge in [0.25, 0.3) is 11.5 Å². The van der Waals surface area contributed by atoms with Crippen molar-refractivity contribution in [3.63, 3.8) is 0 Å². The third-order valence-electron chi connectivity index (χ3n) is 7.08. The molecule has 0 saturated carbocycles. The summed E-state index contributed by atoms with van der Waals surface area (Å²) < 4.78 is 1.56. The number of benzene rings is 3. The average Bonchev–Trinajstić information content (AvgIpc) is 2.97. The van der Waals surface area contributed by atoms with Gasteiger partial charge in [-0.1, -0.05) is 55.4 Å². The lowest BCUT2D eigenvalue weighted by Gasteiger charge is -2.36. The van der Waals surface area contributed by atoms with Crippen LogP contribution in [0, 0.1) is 0 Å². The van der Waals surface area contributed by atoms with Crippen molar-refractivity contribution in [1.82, 2.24) is 14.8 Å². The predicted molar refractivity (Wildman–Crippen MR) is 162 cm³/mol. The quantitative estimate of drug-likeness (QED) is 0.266. The summed E-state index contributed by atoms with van der Waals surface area (Å²) in [6, 6.07) is 21.1. The summed E-state index contributed by atoms with van der Waals surface area (Å²) >= 11 is 6.29. The van der Waals surface area contributed by atoms with Crippen LogP contribution >= 0.6 is 11.6 Å². The Hall–Kier alpha value is -4.33. The number of nitrogens with one attached hydrogen (secondary N) is 1. The molecule has 1 amide bonds. The molecule has 0 bridgehead atoms. The van der Waals surface area contributed by atoms with Crippen molar-refractivity contribution in [2.75, 3.05) is 13.6 Å². The molecule has 0 aliphatic carbocycles. The molecular weight excluding hydrogens is 524 g/mol. The largest absolute Gasteiger partial charge is 0.403 e.